The summed E-state index contributed by atoms with van der Waals surface area (Å²) in [6.07, 6.45) is 1.93. The highest BCUT2D eigenvalue weighted by Gasteiger charge is 2.38. The smallest absolute Gasteiger partial charge is 0.266 e. The van der Waals surface area contributed by atoms with Crippen LogP contribution in [-0.4, -0.2) is 5.91 Å². The van der Waals surface area contributed by atoms with Crippen LogP contribution in [0.4, 0.5) is 5.69 Å². The molecule has 4 aromatic carbocycles. The molecular formula is C28H20ClNO2S. The maximum absolute atomic E-state index is 13.5. The monoisotopic (exact) mass is 469 g/mol. The first-order valence-corrected chi connectivity index (χ1v) is 11.8. The molecule has 0 spiro atoms. The number of carbonyl (C=O) groups is 1. The number of carbonyl (C=O) groups excluding carboxylic acids is 1. The lowest BCUT2D eigenvalue weighted by Crippen LogP contribution is -2.27. The highest BCUT2D eigenvalue weighted by molar-refractivity contribution is 8.05. The van der Waals surface area contributed by atoms with Crippen molar-refractivity contribution in [2.75, 3.05) is 4.90 Å². The lowest BCUT2D eigenvalue weighted by Gasteiger charge is -2.23. The molecule has 0 radical (unpaired) electrons. The van der Waals surface area contributed by atoms with Gasteiger partial charge in [-0.3, -0.25) is 9.69 Å². The zero-order valence-corrected chi connectivity index (χ0v) is 19.2. The van der Waals surface area contributed by atoms with Crippen molar-refractivity contribution in [1.29, 1.82) is 0 Å². The van der Waals surface area contributed by atoms with Crippen molar-refractivity contribution in [1.82, 2.24) is 0 Å². The van der Waals surface area contributed by atoms with Gasteiger partial charge in [0, 0.05) is 10.7 Å². The summed E-state index contributed by atoms with van der Waals surface area (Å²) in [4.78, 5) is 16.0. The number of halogens is 1. The Hall–Kier alpha value is -3.47. The molecule has 1 fully saturated rings. The van der Waals surface area contributed by atoms with E-state index in [9.17, 15) is 4.79 Å². The molecule has 33 heavy (non-hydrogen) atoms. The molecule has 0 aliphatic carbocycles. The van der Waals surface area contributed by atoms with E-state index in [1.165, 1.54) is 0 Å². The summed E-state index contributed by atoms with van der Waals surface area (Å²) < 4.78 is 5.96. The second kappa shape index (κ2) is 9.57. The van der Waals surface area contributed by atoms with Crippen molar-refractivity contribution in [3.8, 4) is 11.5 Å². The molecular weight excluding hydrogens is 450 g/mol. The van der Waals surface area contributed by atoms with Crippen LogP contribution in [-0.2, 0) is 4.79 Å². The third-order valence-electron chi connectivity index (χ3n) is 5.23. The van der Waals surface area contributed by atoms with E-state index in [2.05, 4.69) is 0 Å². The summed E-state index contributed by atoms with van der Waals surface area (Å²) >= 11 is 7.63. The van der Waals surface area contributed by atoms with Gasteiger partial charge in [0.2, 0.25) is 0 Å². The van der Waals surface area contributed by atoms with Crippen LogP contribution in [0.3, 0.4) is 0 Å². The second-order valence-electron chi connectivity index (χ2n) is 7.53. The van der Waals surface area contributed by atoms with Gasteiger partial charge in [-0.2, -0.15) is 0 Å². The van der Waals surface area contributed by atoms with Gasteiger partial charge >= 0.3 is 0 Å². The summed E-state index contributed by atoms with van der Waals surface area (Å²) in [5.74, 6) is 1.46. The number of thioether (sulfide) groups is 1. The van der Waals surface area contributed by atoms with Crippen LogP contribution < -0.4 is 9.64 Å². The highest BCUT2D eigenvalue weighted by atomic mass is 35.5. The van der Waals surface area contributed by atoms with Gasteiger partial charge in [0.25, 0.3) is 5.91 Å². The van der Waals surface area contributed by atoms with Crippen LogP contribution >= 0.6 is 23.4 Å². The molecule has 5 rings (SSSR count). The van der Waals surface area contributed by atoms with Crippen LogP contribution in [0.5, 0.6) is 11.5 Å². The number of benzene rings is 4. The molecule has 0 aromatic heterocycles. The molecule has 0 bridgehead atoms. The molecule has 1 saturated heterocycles. The maximum Gasteiger partial charge on any atom is 0.266 e. The minimum absolute atomic E-state index is 0.0365. The highest BCUT2D eigenvalue weighted by Crippen LogP contribution is 2.48. The number of ether oxygens (including phenoxy) is 1. The van der Waals surface area contributed by atoms with Crippen LogP contribution in [0, 0.1) is 0 Å². The van der Waals surface area contributed by atoms with E-state index in [-0.39, 0.29) is 11.3 Å². The molecule has 5 heteroatoms. The largest absolute Gasteiger partial charge is 0.457 e. The average molecular weight is 470 g/mol. The fourth-order valence-corrected chi connectivity index (χ4v) is 5.06. The van der Waals surface area contributed by atoms with Crippen LogP contribution in [0.15, 0.2) is 114 Å². The van der Waals surface area contributed by atoms with Gasteiger partial charge in [-0.05, 0) is 65.7 Å². The van der Waals surface area contributed by atoms with Gasteiger partial charge in [0.15, 0.2) is 0 Å². The molecule has 1 heterocycles. The second-order valence-corrected chi connectivity index (χ2v) is 9.09. The van der Waals surface area contributed by atoms with Crippen molar-refractivity contribution >= 4 is 41.0 Å². The number of anilines is 1. The van der Waals surface area contributed by atoms with E-state index in [0.717, 1.165) is 28.3 Å². The summed E-state index contributed by atoms with van der Waals surface area (Å²) in [5.41, 5.74) is 2.79. The molecule has 1 unspecified atom stereocenters. The molecule has 162 valence electrons. The molecule has 4 aromatic rings. The molecule has 0 N–H and O–H groups in total. The molecule has 1 atom stereocenters. The Balaban J connectivity index is 1.48. The molecule has 3 nitrogen and oxygen atoms in total. The Labute approximate surface area is 202 Å². The van der Waals surface area contributed by atoms with Gasteiger partial charge < -0.3 is 4.74 Å². The van der Waals surface area contributed by atoms with Gasteiger partial charge in [0.1, 0.15) is 16.9 Å². The Kier molecular flexibility index (Phi) is 6.20. The van der Waals surface area contributed by atoms with Gasteiger partial charge in [-0.25, -0.2) is 0 Å². The van der Waals surface area contributed by atoms with Crippen molar-refractivity contribution in [3.63, 3.8) is 0 Å². The van der Waals surface area contributed by atoms with Crippen molar-refractivity contribution in [3.05, 3.63) is 130 Å². The van der Waals surface area contributed by atoms with Gasteiger partial charge in [-0.15, -0.1) is 0 Å². The van der Waals surface area contributed by atoms with Crippen LogP contribution in [0.2, 0.25) is 5.02 Å². The summed E-state index contributed by atoms with van der Waals surface area (Å²) in [7, 11) is 0. The predicted octanol–water partition coefficient (Wildman–Crippen LogP) is 7.95. The first kappa shape index (κ1) is 21.4. The number of para-hydroxylation sites is 1. The van der Waals surface area contributed by atoms with Crippen molar-refractivity contribution in [2.45, 2.75) is 5.37 Å². The number of hydrogen-bond donors (Lipinski definition) is 0. The fraction of sp³-hybridized carbons (Fsp3) is 0.0357. The first-order chi connectivity index (χ1) is 16.2. The van der Waals surface area contributed by atoms with E-state index in [1.54, 1.807) is 11.8 Å². The van der Waals surface area contributed by atoms with E-state index < -0.39 is 0 Å². The normalized spacial score (nSPS) is 16.9. The van der Waals surface area contributed by atoms with E-state index in [0.29, 0.717) is 9.93 Å². The van der Waals surface area contributed by atoms with Gasteiger partial charge in [-0.1, -0.05) is 84.0 Å². The first-order valence-electron chi connectivity index (χ1n) is 10.5. The fourth-order valence-electron chi connectivity index (χ4n) is 3.68. The lowest BCUT2D eigenvalue weighted by molar-refractivity contribution is -0.114. The summed E-state index contributed by atoms with van der Waals surface area (Å²) in [5, 5.41) is 0.482. The Morgan fingerprint density at radius 2 is 1.45 bits per heavy atom. The molecule has 1 amide bonds. The Morgan fingerprint density at radius 3 is 2.18 bits per heavy atom. The average Bonchev–Trinajstić information content (AvgIpc) is 3.17. The number of hydrogen-bond acceptors (Lipinski definition) is 3. The van der Waals surface area contributed by atoms with Crippen LogP contribution in [0.1, 0.15) is 16.5 Å². The quantitative estimate of drug-likeness (QED) is 0.278. The van der Waals surface area contributed by atoms with Crippen molar-refractivity contribution in [2.24, 2.45) is 0 Å². The third kappa shape index (κ3) is 4.82. The number of amides is 1. The Bertz CT molecular complexity index is 1290. The van der Waals surface area contributed by atoms with E-state index >= 15 is 0 Å². The molecule has 0 saturated carbocycles. The third-order valence-corrected chi connectivity index (χ3v) is 6.73. The lowest BCUT2D eigenvalue weighted by atomic mass is 10.1. The van der Waals surface area contributed by atoms with Crippen molar-refractivity contribution < 1.29 is 9.53 Å². The summed E-state index contributed by atoms with van der Waals surface area (Å²) in [6, 6.07) is 34.8. The van der Waals surface area contributed by atoms with E-state index in [1.807, 2.05) is 120 Å². The van der Waals surface area contributed by atoms with Gasteiger partial charge in [0.05, 0.1) is 4.91 Å². The predicted molar refractivity (Wildman–Crippen MR) is 137 cm³/mol. The number of nitrogens with zero attached hydrogens (tertiary/aromatic N) is 1. The zero-order chi connectivity index (χ0) is 22.6. The van der Waals surface area contributed by atoms with E-state index in [4.69, 9.17) is 16.3 Å². The zero-order valence-electron chi connectivity index (χ0n) is 17.6. The van der Waals surface area contributed by atoms with Crippen LogP contribution in [0.25, 0.3) is 6.08 Å². The minimum Gasteiger partial charge on any atom is -0.457 e. The molecule has 1 aliphatic heterocycles. The SMILES string of the molecule is O=C1/C(=C\c2cccc(Oc3ccccc3)c2)SC(c2ccccc2)N1c1ccc(Cl)cc1. The minimum atomic E-state index is -0.158. The Morgan fingerprint density at radius 1 is 0.788 bits per heavy atom. The standard InChI is InChI=1S/C28H20ClNO2S/c29-22-14-16-23(17-15-22)30-27(31)26(33-28(30)21-9-3-1-4-10-21)19-20-8-7-13-25(18-20)32-24-11-5-2-6-12-24/h1-19,28H/b26-19+. The maximum atomic E-state index is 13.5. The molecule has 1 aliphatic rings. The summed E-state index contributed by atoms with van der Waals surface area (Å²) in [6.45, 7) is 0. The number of rotatable bonds is 5. The topological polar surface area (TPSA) is 29.5 Å².